The molecule has 2 aliphatic rings. The molecule has 2 heterocycles. The van der Waals surface area contributed by atoms with Crippen molar-refractivity contribution in [2.24, 2.45) is 5.84 Å². The van der Waals surface area contributed by atoms with Gasteiger partial charge in [0.15, 0.2) is 0 Å². The van der Waals surface area contributed by atoms with Crippen molar-refractivity contribution in [2.45, 2.75) is 31.9 Å². The quantitative estimate of drug-likeness (QED) is 0.131. The molecule has 0 aromatic heterocycles. The van der Waals surface area contributed by atoms with E-state index in [1.807, 2.05) is 5.43 Å². The van der Waals surface area contributed by atoms with Crippen LogP contribution >= 0.6 is 0 Å². The molecule has 0 fully saturated rings. The van der Waals surface area contributed by atoms with E-state index in [2.05, 4.69) is 0 Å². The van der Waals surface area contributed by atoms with E-state index in [0.717, 1.165) is 9.80 Å². The maximum absolute atomic E-state index is 12.5. The van der Waals surface area contributed by atoms with Gasteiger partial charge >= 0.3 is 12.1 Å². The van der Waals surface area contributed by atoms with Crippen molar-refractivity contribution in [1.29, 1.82) is 0 Å². The lowest BCUT2D eigenvalue weighted by atomic mass is 10.2. The van der Waals surface area contributed by atoms with Crippen LogP contribution in [0.5, 0.6) is 0 Å². The molecule has 4 N–H and O–H groups in total. The van der Waals surface area contributed by atoms with Crippen LogP contribution in [-0.4, -0.2) is 93.6 Å². The van der Waals surface area contributed by atoms with E-state index in [-0.39, 0.29) is 44.9 Å². The first-order valence-corrected chi connectivity index (χ1v) is 10.4. The fourth-order valence-corrected chi connectivity index (χ4v) is 2.95. The summed E-state index contributed by atoms with van der Waals surface area (Å²) in [4.78, 5) is 82.6. The second kappa shape index (κ2) is 13.7. The van der Waals surface area contributed by atoms with Crippen molar-refractivity contribution >= 4 is 41.4 Å². The number of aliphatic carboxylic acids is 1. The van der Waals surface area contributed by atoms with Gasteiger partial charge in [0.1, 0.15) is 0 Å². The minimum atomic E-state index is -5.08. The molecular weight excluding hydrogens is 495 g/mol. The van der Waals surface area contributed by atoms with Gasteiger partial charge in [0, 0.05) is 63.3 Å². The van der Waals surface area contributed by atoms with Gasteiger partial charge in [-0.3, -0.25) is 44.0 Å². The van der Waals surface area contributed by atoms with Gasteiger partial charge < -0.3 is 10.0 Å². The first-order valence-electron chi connectivity index (χ1n) is 10.4. The minimum Gasteiger partial charge on any atom is -0.475 e. The average molecular weight is 519 g/mol. The lowest BCUT2D eigenvalue weighted by Gasteiger charge is -2.25. The predicted octanol–water partition coefficient (Wildman–Crippen LogP) is -1.15. The molecule has 0 unspecified atom stereocenters. The summed E-state index contributed by atoms with van der Waals surface area (Å²) < 4.78 is 31.7. The van der Waals surface area contributed by atoms with E-state index in [0.29, 0.717) is 12.8 Å². The molecule has 36 heavy (non-hydrogen) atoms. The van der Waals surface area contributed by atoms with Crippen molar-refractivity contribution in [2.75, 3.05) is 26.2 Å². The van der Waals surface area contributed by atoms with E-state index < -0.39 is 41.7 Å². The molecule has 0 aliphatic carbocycles. The van der Waals surface area contributed by atoms with Crippen LogP contribution in [0.4, 0.5) is 13.2 Å². The lowest BCUT2D eigenvalue weighted by molar-refractivity contribution is -0.192. The van der Waals surface area contributed by atoms with Gasteiger partial charge in [-0.1, -0.05) is 0 Å². The normalized spacial score (nSPS) is 14.8. The summed E-state index contributed by atoms with van der Waals surface area (Å²) in [6.07, 6.45) is 0.253. The van der Waals surface area contributed by atoms with Gasteiger partial charge in [-0.2, -0.15) is 13.2 Å². The van der Waals surface area contributed by atoms with Crippen LogP contribution in [0.25, 0.3) is 0 Å². The Kier molecular flexibility index (Phi) is 11.4. The van der Waals surface area contributed by atoms with E-state index in [1.165, 1.54) is 29.2 Å². The third kappa shape index (κ3) is 9.65. The van der Waals surface area contributed by atoms with E-state index in [4.69, 9.17) is 15.7 Å². The summed E-state index contributed by atoms with van der Waals surface area (Å²) in [6.45, 7) is 0.816. The largest absolute Gasteiger partial charge is 0.490 e. The minimum absolute atomic E-state index is 0.0602. The maximum atomic E-state index is 12.5. The van der Waals surface area contributed by atoms with Gasteiger partial charge in [-0.15, -0.1) is 0 Å². The molecule has 0 bridgehead atoms. The molecule has 0 aromatic carbocycles. The second-order valence-electron chi connectivity index (χ2n) is 7.28. The summed E-state index contributed by atoms with van der Waals surface area (Å²) in [7, 11) is 0. The van der Waals surface area contributed by atoms with Crippen LogP contribution in [0.2, 0.25) is 0 Å². The molecule has 0 radical (unpaired) electrons. The zero-order chi connectivity index (χ0) is 27.5. The first-order chi connectivity index (χ1) is 16.8. The Labute approximate surface area is 202 Å². The Morgan fingerprint density at radius 2 is 1.19 bits per heavy atom. The average Bonchev–Trinajstić information content (AvgIpc) is 3.30. The number of nitrogens with two attached hydrogens (primary N) is 1. The number of carbonyl (C=O) groups is 7. The molecule has 0 atom stereocenters. The van der Waals surface area contributed by atoms with Crippen molar-refractivity contribution < 1.29 is 51.8 Å². The van der Waals surface area contributed by atoms with E-state index in [9.17, 15) is 41.9 Å². The van der Waals surface area contributed by atoms with Crippen molar-refractivity contribution in [3.05, 3.63) is 24.3 Å². The number of halogens is 3. The maximum Gasteiger partial charge on any atom is 0.490 e. The number of alkyl halides is 3. The Morgan fingerprint density at radius 3 is 1.50 bits per heavy atom. The molecule has 2 rings (SSSR count). The highest BCUT2D eigenvalue weighted by Crippen LogP contribution is 2.13. The van der Waals surface area contributed by atoms with Gasteiger partial charge in [-0.05, 0) is 12.8 Å². The predicted molar refractivity (Wildman–Crippen MR) is 113 cm³/mol. The molecule has 0 saturated carbocycles. The number of hydrogen-bond acceptors (Lipinski definition) is 8. The van der Waals surface area contributed by atoms with Crippen LogP contribution in [0, 0.1) is 0 Å². The van der Waals surface area contributed by atoms with Gasteiger partial charge in [0.2, 0.25) is 11.8 Å². The monoisotopic (exact) mass is 519 g/mol. The van der Waals surface area contributed by atoms with Crippen LogP contribution in [0.1, 0.15) is 25.7 Å². The van der Waals surface area contributed by atoms with Crippen LogP contribution in [-0.2, 0) is 33.6 Å². The van der Waals surface area contributed by atoms with Crippen LogP contribution in [0.15, 0.2) is 24.3 Å². The summed E-state index contributed by atoms with van der Waals surface area (Å²) in [5.74, 6) is -0.112. The third-order valence-electron chi connectivity index (χ3n) is 4.74. The fraction of sp³-hybridized carbons (Fsp3) is 0.450. The number of rotatable bonds is 11. The van der Waals surface area contributed by atoms with Gasteiger partial charge in [0.25, 0.3) is 23.6 Å². The Balaban J connectivity index is 0.000000809. The van der Waals surface area contributed by atoms with Crippen LogP contribution < -0.4 is 11.3 Å². The smallest absolute Gasteiger partial charge is 0.475 e. The standard InChI is InChI=1S/C18H23N5O6.C2HF3O2/c19-20-13(24)3-4-14(25)21(9-1-11-22-15(26)5-6-16(22)27)10-2-12-23-17(28)7-8-18(23)29;3-2(4,5)1(6)7/h5-8H,1-4,9-12,19H2,(H,20,24);(H,6,7). The number of nitrogens with zero attached hydrogens (tertiary/aromatic N) is 3. The molecule has 2 aliphatic heterocycles. The summed E-state index contributed by atoms with van der Waals surface area (Å²) >= 11 is 0. The number of hydrogen-bond donors (Lipinski definition) is 3. The molecule has 0 aromatic rings. The molecule has 0 saturated heterocycles. The number of carboxylic acid groups (broad SMARTS) is 1. The lowest BCUT2D eigenvalue weighted by Crippen LogP contribution is -2.39. The number of imide groups is 2. The number of carboxylic acids is 1. The molecular formula is C20H24F3N5O8. The highest BCUT2D eigenvalue weighted by atomic mass is 19.4. The highest BCUT2D eigenvalue weighted by Gasteiger charge is 2.38. The first kappa shape index (κ1) is 30.0. The number of amides is 6. The zero-order valence-electron chi connectivity index (χ0n) is 18.8. The topological polar surface area (TPSA) is 187 Å². The molecule has 16 heteroatoms. The molecule has 198 valence electrons. The summed E-state index contributed by atoms with van der Waals surface area (Å²) in [6, 6.07) is 0. The summed E-state index contributed by atoms with van der Waals surface area (Å²) in [5.41, 5.74) is 1.95. The SMILES string of the molecule is NNC(=O)CCC(=O)N(CCCN1C(=O)C=CC1=O)CCCN1C(=O)C=CC1=O.O=C(O)C(F)(F)F. The van der Waals surface area contributed by atoms with Crippen molar-refractivity contribution in [3.63, 3.8) is 0 Å². The molecule has 0 spiro atoms. The number of carbonyl (C=O) groups excluding carboxylic acids is 6. The Hall–Kier alpha value is -4.08. The third-order valence-corrected chi connectivity index (χ3v) is 4.74. The highest BCUT2D eigenvalue weighted by molar-refractivity contribution is 6.13. The Morgan fingerprint density at radius 1 is 0.833 bits per heavy atom. The zero-order valence-corrected chi connectivity index (χ0v) is 18.8. The number of hydrazine groups is 1. The number of nitrogens with one attached hydrogen (secondary N) is 1. The van der Waals surface area contributed by atoms with Gasteiger partial charge in [0.05, 0.1) is 0 Å². The van der Waals surface area contributed by atoms with Crippen molar-refractivity contribution in [1.82, 2.24) is 20.1 Å². The fourth-order valence-electron chi connectivity index (χ4n) is 2.95. The summed E-state index contributed by atoms with van der Waals surface area (Å²) in [5, 5.41) is 7.12. The van der Waals surface area contributed by atoms with Gasteiger partial charge in [-0.25, -0.2) is 10.6 Å². The van der Waals surface area contributed by atoms with E-state index in [1.54, 1.807) is 0 Å². The molecule has 6 amide bonds. The van der Waals surface area contributed by atoms with Crippen molar-refractivity contribution in [3.8, 4) is 0 Å². The van der Waals surface area contributed by atoms with E-state index >= 15 is 0 Å². The van der Waals surface area contributed by atoms with Crippen LogP contribution in [0.3, 0.4) is 0 Å². The molecule has 13 nitrogen and oxygen atoms in total. The Bertz CT molecular complexity index is 879. The second-order valence-corrected chi connectivity index (χ2v) is 7.28.